The number of aromatic nitrogens is 2. The number of nitrogens with zero attached hydrogens (tertiary/aromatic N) is 2. The van der Waals surface area contributed by atoms with Crippen LogP contribution in [0, 0.1) is 25.2 Å². The number of nitrogens with one attached hydrogen (secondary N) is 1. The van der Waals surface area contributed by atoms with Crippen molar-refractivity contribution in [3.63, 3.8) is 0 Å². The van der Waals surface area contributed by atoms with Crippen molar-refractivity contribution in [2.45, 2.75) is 26.4 Å². The Balaban J connectivity index is 1.61. The summed E-state index contributed by atoms with van der Waals surface area (Å²) in [7, 11) is 0. The maximum absolute atomic E-state index is 10.1. The molecule has 0 saturated heterocycles. The molecule has 6 nitrogen and oxygen atoms in total. The quantitative estimate of drug-likeness (QED) is 0.356. The number of aromatic amines is 1. The molecule has 7 heteroatoms. The summed E-state index contributed by atoms with van der Waals surface area (Å²) in [5.41, 5.74) is 13.1. The van der Waals surface area contributed by atoms with E-state index in [2.05, 4.69) is 42.2 Å². The van der Waals surface area contributed by atoms with Crippen LogP contribution in [0.5, 0.6) is 11.6 Å². The fourth-order valence-corrected chi connectivity index (χ4v) is 4.39. The SMILES string of the molecule is Cc1ccc(-c2[nH]nc3c2C(c2ccccc2OCc2ccc(Cl)cc2)C(C#N)=C(N)O3)cc1C. The van der Waals surface area contributed by atoms with Gasteiger partial charge in [0.1, 0.15) is 24.0 Å². The minimum absolute atomic E-state index is 0.0376. The molecular weight excluding hydrogens is 460 g/mol. The van der Waals surface area contributed by atoms with E-state index in [1.165, 1.54) is 5.56 Å². The normalized spacial score (nSPS) is 14.7. The van der Waals surface area contributed by atoms with Crippen molar-refractivity contribution in [3.05, 3.63) is 111 Å². The summed E-state index contributed by atoms with van der Waals surface area (Å²) in [6.45, 7) is 4.48. The number of hydrogen-bond donors (Lipinski definition) is 2. The van der Waals surface area contributed by atoms with E-state index in [4.69, 9.17) is 26.8 Å². The number of fused-ring (bicyclic) bond motifs is 1. The number of benzene rings is 3. The molecule has 1 aromatic heterocycles. The van der Waals surface area contributed by atoms with Gasteiger partial charge >= 0.3 is 0 Å². The van der Waals surface area contributed by atoms with Crippen LogP contribution in [-0.2, 0) is 6.61 Å². The first-order valence-electron chi connectivity index (χ1n) is 11.2. The van der Waals surface area contributed by atoms with Gasteiger partial charge in [0.05, 0.1) is 17.2 Å². The van der Waals surface area contributed by atoms with Crippen LogP contribution in [0.15, 0.2) is 78.2 Å². The molecule has 174 valence electrons. The molecule has 1 aliphatic heterocycles. The number of H-pyrrole nitrogens is 1. The standard InChI is InChI=1S/C28H23ClN4O2/c1-16-7-10-19(13-17(16)2)26-25-24(22(14-30)27(31)35-28(25)33-32-26)21-5-3-4-6-23(21)34-15-18-8-11-20(29)12-9-18/h3-13,24H,15,31H2,1-2H3,(H,32,33). The van der Waals surface area contributed by atoms with E-state index >= 15 is 0 Å². The molecule has 0 fully saturated rings. The lowest BCUT2D eigenvalue weighted by Crippen LogP contribution is -2.21. The van der Waals surface area contributed by atoms with Crippen LogP contribution < -0.4 is 15.2 Å². The van der Waals surface area contributed by atoms with E-state index < -0.39 is 5.92 Å². The van der Waals surface area contributed by atoms with E-state index in [0.717, 1.165) is 33.5 Å². The summed E-state index contributed by atoms with van der Waals surface area (Å²) in [5.74, 6) is 0.525. The predicted molar refractivity (Wildman–Crippen MR) is 135 cm³/mol. The van der Waals surface area contributed by atoms with Gasteiger partial charge in [-0.05, 0) is 54.8 Å². The lowest BCUT2D eigenvalue weighted by Gasteiger charge is -2.26. The maximum Gasteiger partial charge on any atom is 0.244 e. The Bertz CT molecular complexity index is 1480. The highest BCUT2D eigenvalue weighted by atomic mass is 35.5. The van der Waals surface area contributed by atoms with E-state index in [9.17, 15) is 5.26 Å². The maximum atomic E-state index is 10.1. The Kier molecular flexibility index (Phi) is 5.94. The van der Waals surface area contributed by atoms with Gasteiger partial charge in [-0.25, -0.2) is 0 Å². The minimum atomic E-state index is -0.513. The highest BCUT2D eigenvalue weighted by molar-refractivity contribution is 6.30. The van der Waals surface area contributed by atoms with Crippen LogP contribution in [0.25, 0.3) is 11.3 Å². The predicted octanol–water partition coefficient (Wildman–Crippen LogP) is 6.14. The fraction of sp³-hybridized carbons (Fsp3) is 0.143. The number of nitriles is 1. The zero-order chi connectivity index (χ0) is 24.5. The van der Waals surface area contributed by atoms with Crippen molar-refractivity contribution < 1.29 is 9.47 Å². The highest BCUT2D eigenvalue weighted by Crippen LogP contribution is 2.48. The summed E-state index contributed by atoms with van der Waals surface area (Å²) in [5, 5.41) is 18.2. The zero-order valence-electron chi connectivity index (χ0n) is 19.3. The van der Waals surface area contributed by atoms with Gasteiger partial charge in [-0.3, -0.25) is 5.10 Å². The lowest BCUT2D eigenvalue weighted by atomic mass is 9.82. The topological polar surface area (TPSA) is 97.0 Å². The van der Waals surface area contributed by atoms with Gasteiger partial charge in [-0.2, -0.15) is 5.26 Å². The molecule has 0 aliphatic carbocycles. The second-order valence-electron chi connectivity index (χ2n) is 8.49. The second kappa shape index (κ2) is 9.21. The Morgan fingerprint density at radius 1 is 1.09 bits per heavy atom. The molecule has 1 unspecified atom stereocenters. The number of nitrogens with two attached hydrogens (primary N) is 1. The number of allylic oxidation sites excluding steroid dienone is 1. The van der Waals surface area contributed by atoms with Crippen LogP contribution in [0.1, 0.15) is 33.7 Å². The Morgan fingerprint density at radius 2 is 1.86 bits per heavy atom. The molecule has 35 heavy (non-hydrogen) atoms. The Hall–Kier alpha value is -4.21. The molecule has 3 aromatic carbocycles. The van der Waals surface area contributed by atoms with Crippen molar-refractivity contribution in [2.24, 2.45) is 5.73 Å². The zero-order valence-corrected chi connectivity index (χ0v) is 20.1. The number of aryl methyl sites for hydroxylation is 2. The van der Waals surface area contributed by atoms with E-state index in [-0.39, 0.29) is 5.88 Å². The molecule has 4 aromatic rings. The Morgan fingerprint density at radius 3 is 2.60 bits per heavy atom. The summed E-state index contributed by atoms with van der Waals surface area (Å²) in [4.78, 5) is 0. The van der Waals surface area contributed by atoms with Gasteiger partial charge < -0.3 is 15.2 Å². The first kappa shape index (κ1) is 22.6. The first-order valence-corrected chi connectivity index (χ1v) is 11.5. The third kappa shape index (κ3) is 4.23. The molecule has 0 radical (unpaired) electrons. The van der Waals surface area contributed by atoms with Crippen LogP contribution in [0.2, 0.25) is 5.02 Å². The molecule has 1 atom stereocenters. The summed E-state index contributed by atoms with van der Waals surface area (Å²) < 4.78 is 12.0. The van der Waals surface area contributed by atoms with Gasteiger partial charge in [0.2, 0.25) is 11.8 Å². The molecule has 2 heterocycles. The third-order valence-corrected chi connectivity index (χ3v) is 6.52. The van der Waals surface area contributed by atoms with Crippen LogP contribution in [0.4, 0.5) is 0 Å². The lowest BCUT2D eigenvalue weighted by molar-refractivity contribution is 0.301. The monoisotopic (exact) mass is 482 g/mol. The molecule has 0 spiro atoms. The van der Waals surface area contributed by atoms with Crippen LogP contribution >= 0.6 is 11.6 Å². The van der Waals surface area contributed by atoms with E-state index in [1.54, 1.807) is 0 Å². The summed E-state index contributed by atoms with van der Waals surface area (Å²) >= 11 is 6.01. The van der Waals surface area contributed by atoms with Crippen LogP contribution in [0.3, 0.4) is 0 Å². The fourth-order valence-electron chi connectivity index (χ4n) is 4.27. The van der Waals surface area contributed by atoms with Gasteiger partial charge in [0.25, 0.3) is 0 Å². The number of rotatable bonds is 5. The third-order valence-electron chi connectivity index (χ3n) is 6.27. The average molecular weight is 483 g/mol. The molecule has 0 amide bonds. The molecular formula is C28H23ClN4O2. The van der Waals surface area contributed by atoms with Crippen molar-refractivity contribution in [1.29, 1.82) is 5.26 Å². The second-order valence-corrected chi connectivity index (χ2v) is 8.93. The molecule has 1 aliphatic rings. The molecule has 5 rings (SSSR count). The number of ether oxygens (including phenoxy) is 2. The smallest absolute Gasteiger partial charge is 0.244 e. The van der Waals surface area contributed by atoms with E-state index in [1.807, 2.05) is 54.6 Å². The van der Waals surface area contributed by atoms with Gasteiger partial charge in [0, 0.05) is 16.1 Å². The molecule has 0 bridgehead atoms. The van der Waals surface area contributed by atoms with Gasteiger partial charge in [0.15, 0.2) is 0 Å². The van der Waals surface area contributed by atoms with E-state index in [0.29, 0.717) is 28.8 Å². The minimum Gasteiger partial charge on any atom is -0.489 e. The van der Waals surface area contributed by atoms with Crippen molar-refractivity contribution in [2.75, 3.05) is 0 Å². The summed E-state index contributed by atoms with van der Waals surface area (Å²) in [6.07, 6.45) is 0. The summed E-state index contributed by atoms with van der Waals surface area (Å²) in [6, 6.07) is 23.6. The largest absolute Gasteiger partial charge is 0.489 e. The van der Waals surface area contributed by atoms with Crippen molar-refractivity contribution in [3.8, 4) is 29.0 Å². The van der Waals surface area contributed by atoms with Crippen molar-refractivity contribution >= 4 is 11.6 Å². The van der Waals surface area contributed by atoms with Gasteiger partial charge in [-0.1, -0.05) is 54.1 Å². The highest BCUT2D eigenvalue weighted by Gasteiger charge is 2.37. The molecule has 0 saturated carbocycles. The number of hydrogen-bond acceptors (Lipinski definition) is 5. The van der Waals surface area contributed by atoms with Crippen LogP contribution in [-0.4, -0.2) is 10.2 Å². The Labute approximate surface area is 208 Å². The van der Waals surface area contributed by atoms with Crippen molar-refractivity contribution in [1.82, 2.24) is 10.2 Å². The molecule has 3 N–H and O–H groups in total. The first-order chi connectivity index (χ1) is 17.0. The average Bonchev–Trinajstić information content (AvgIpc) is 3.28. The van der Waals surface area contributed by atoms with Gasteiger partial charge in [-0.15, -0.1) is 5.10 Å². The number of halogens is 1. The number of para-hydroxylation sites is 1.